The van der Waals surface area contributed by atoms with Crippen molar-refractivity contribution in [2.75, 3.05) is 13.2 Å². The van der Waals surface area contributed by atoms with Crippen LogP contribution in [0.5, 0.6) is 0 Å². The van der Waals surface area contributed by atoms with Crippen molar-refractivity contribution >= 4 is 17.9 Å². The van der Waals surface area contributed by atoms with Crippen molar-refractivity contribution in [2.24, 2.45) is 0 Å². The average molecular weight is 360 g/mol. The van der Waals surface area contributed by atoms with E-state index in [1.807, 2.05) is 6.08 Å². The van der Waals surface area contributed by atoms with E-state index in [4.69, 9.17) is 14.2 Å². The number of hydrogen-bond acceptors (Lipinski definition) is 6. The fraction of sp³-hybridized carbons (Fsp3) is 0.450. The minimum Gasteiger partial charge on any atom is -0.466 e. The second kappa shape index (κ2) is 15.5. The molecule has 0 aliphatic rings. The molecule has 0 fully saturated rings. The van der Waals surface area contributed by atoms with Gasteiger partial charge >= 0.3 is 17.9 Å². The number of rotatable bonds is 9. The van der Waals surface area contributed by atoms with Crippen molar-refractivity contribution in [2.45, 2.75) is 46.1 Å². The molecule has 0 heterocycles. The zero-order valence-corrected chi connectivity index (χ0v) is 15.4. The normalized spacial score (nSPS) is 11.0. The van der Waals surface area contributed by atoms with Gasteiger partial charge in [0.15, 0.2) is 0 Å². The Kier molecular flexibility index (Phi) is 13.7. The van der Waals surface area contributed by atoms with E-state index in [1.54, 1.807) is 18.2 Å². The number of esters is 3. The van der Waals surface area contributed by atoms with Crippen molar-refractivity contribution < 1.29 is 28.6 Å². The Morgan fingerprint density at radius 3 is 2.04 bits per heavy atom. The second-order valence-corrected chi connectivity index (χ2v) is 5.08. The van der Waals surface area contributed by atoms with Crippen molar-refractivity contribution in [1.29, 1.82) is 0 Å². The molecule has 6 heteroatoms. The first kappa shape index (κ1) is 23.0. The molecule has 0 rings (SSSR count). The van der Waals surface area contributed by atoms with Crippen molar-refractivity contribution in [3.8, 4) is 23.7 Å². The molecule has 0 aromatic carbocycles. The number of ether oxygens (including phenoxy) is 3. The van der Waals surface area contributed by atoms with Gasteiger partial charge in [0.05, 0.1) is 6.61 Å². The highest BCUT2D eigenvalue weighted by atomic mass is 16.6. The van der Waals surface area contributed by atoms with Crippen LogP contribution in [0, 0.1) is 23.7 Å². The van der Waals surface area contributed by atoms with E-state index in [0.717, 1.165) is 0 Å². The molecule has 1 atom stereocenters. The Morgan fingerprint density at radius 1 is 0.846 bits per heavy atom. The van der Waals surface area contributed by atoms with Gasteiger partial charge in [-0.3, -0.25) is 14.4 Å². The summed E-state index contributed by atoms with van der Waals surface area (Å²) in [5.41, 5.74) is 0. The molecule has 0 saturated heterocycles. The van der Waals surface area contributed by atoms with Gasteiger partial charge < -0.3 is 14.2 Å². The zero-order valence-electron chi connectivity index (χ0n) is 15.4. The maximum atomic E-state index is 11.1. The Hall–Kier alpha value is -2.99. The fourth-order valence-electron chi connectivity index (χ4n) is 1.68. The molecule has 1 unspecified atom stereocenters. The Balaban J connectivity index is 4.12. The fourth-order valence-corrected chi connectivity index (χ4v) is 1.68. The Labute approximate surface area is 154 Å². The van der Waals surface area contributed by atoms with Crippen LogP contribution in [0.4, 0.5) is 0 Å². The standard InChI is InChI=1S/C20H24O6/c1-17(21)24-15-12-10-8-6-4-5-7-9-11-13-20(26-19(3)23)14-16-25-18(2)22/h7,9-10,12,20H,11,13-16H2,1-3H3. The van der Waals surface area contributed by atoms with E-state index < -0.39 is 0 Å². The smallest absolute Gasteiger partial charge is 0.302 e. The molecule has 140 valence electrons. The highest BCUT2D eigenvalue weighted by Gasteiger charge is 2.11. The van der Waals surface area contributed by atoms with Crippen molar-refractivity contribution in [1.82, 2.24) is 0 Å². The minimum absolute atomic E-state index is 0.193. The molecule has 6 nitrogen and oxygen atoms in total. The number of allylic oxidation sites excluding steroid dienone is 3. The molecule has 0 N–H and O–H groups in total. The predicted molar refractivity (Wildman–Crippen MR) is 96.5 cm³/mol. The lowest BCUT2D eigenvalue weighted by atomic mass is 10.1. The number of hydrogen-bond donors (Lipinski definition) is 0. The van der Waals surface area contributed by atoms with Crippen LogP contribution >= 0.6 is 0 Å². The van der Waals surface area contributed by atoms with Crippen LogP contribution in [-0.4, -0.2) is 37.2 Å². The van der Waals surface area contributed by atoms with Crippen LogP contribution in [0.2, 0.25) is 0 Å². The molecule has 0 spiro atoms. The van der Waals surface area contributed by atoms with E-state index in [1.165, 1.54) is 20.8 Å². The third kappa shape index (κ3) is 17.4. The maximum Gasteiger partial charge on any atom is 0.302 e. The summed E-state index contributed by atoms with van der Waals surface area (Å²) in [6.45, 7) is 4.43. The zero-order chi connectivity index (χ0) is 19.6. The first-order chi connectivity index (χ1) is 12.4. The van der Waals surface area contributed by atoms with Gasteiger partial charge in [-0.05, 0) is 42.9 Å². The van der Waals surface area contributed by atoms with E-state index in [-0.39, 0.29) is 37.2 Å². The number of carbonyl (C=O) groups is 3. The molecular weight excluding hydrogens is 336 g/mol. The van der Waals surface area contributed by atoms with Crippen molar-refractivity contribution in [3.63, 3.8) is 0 Å². The molecule has 26 heavy (non-hydrogen) atoms. The maximum absolute atomic E-state index is 11.1. The van der Waals surface area contributed by atoms with E-state index >= 15 is 0 Å². The van der Waals surface area contributed by atoms with Gasteiger partial charge in [0.25, 0.3) is 0 Å². The summed E-state index contributed by atoms with van der Waals surface area (Å²) in [5, 5.41) is 0. The highest BCUT2D eigenvalue weighted by molar-refractivity contribution is 5.66. The summed E-state index contributed by atoms with van der Waals surface area (Å²) >= 11 is 0. The van der Waals surface area contributed by atoms with Crippen LogP contribution in [0.3, 0.4) is 0 Å². The molecule has 0 aliphatic carbocycles. The van der Waals surface area contributed by atoms with Gasteiger partial charge in [-0.15, -0.1) is 0 Å². The molecule has 0 aromatic heterocycles. The molecule has 0 amide bonds. The third-order valence-corrected chi connectivity index (χ3v) is 2.73. The summed E-state index contributed by atoms with van der Waals surface area (Å²) in [7, 11) is 0. The quantitative estimate of drug-likeness (QED) is 0.357. The third-order valence-electron chi connectivity index (χ3n) is 2.73. The van der Waals surface area contributed by atoms with Crippen LogP contribution in [0.15, 0.2) is 24.3 Å². The predicted octanol–water partition coefficient (Wildman–Crippen LogP) is 2.33. The van der Waals surface area contributed by atoms with E-state index in [0.29, 0.717) is 19.3 Å². The molecule has 0 saturated carbocycles. The Morgan fingerprint density at radius 2 is 1.46 bits per heavy atom. The summed E-state index contributed by atoms with van der Waals surface area (Å²) in [5.74, 6) is 9.69. The lowest BCUT2D eigenvalue weighted by Crippen LogP contribution is -2.19. The van der Waals surface area contributed by atoms with Crippen LogP contribution in [-0.2, 0) is 28.6 Å². The molecular formula is C20H24O6. The van der Waals surface area contributed by atoms with Gasteiger partial charge in [0.1, 0.15) is 12.7 Å². The van der Waals surface area contributed by atoms with Gasteiger partial charge in [0.2, 0.25) is 0 Å². The lowest BCUT2D eigenvalue weighted by molar-refractivity contribution is -0.149. The van der Waals surface area contributed by atoms with Gasteiger partial charge in [-0.1, -0.05) is 17.9 Å². The van der Waals surface area contributed by atoms with Crippen LogP contribution < -0.4 is 0 Å². The molecule has 0 radical (unpaired) electrons. The summed E-state index contributed by atoms with van der Waals surface area (Å²) < 4.78 is 14.7. The lowest BCUT2D eigenvalue weighted by Gasteiger charge is -2.15. The SMILES string of the molecule is CC(=O)OCC=CC#CC#CC=CCCC(CCOC(C)=O)OC(C)=O. The molecule has 0 aromatic rings. The van der Waals surface area contributed by atoms with E-state index in [9.17, 15) is 14.4 Å². The summed E-state index contributed by atoms with van der Waals surface area (Å²) in [6, 6.07) is 0. The van der Waals surface area contributed by atoms with E-state index in [2.05, 4.69) is 23.7 Å². The monoisotopic (exact) mass is 360 g/mol. The van der Waals surface area contributed by atoms with Crippen LogP contribution in [0.1, 0.15) is 40.0 Å². The van der Waals surface area contributed by atoms with Gasteiger partial charge in [-0.2, -0.15) is 0 Å². The molecule has 0 aliphatic heterocycles. The van der Waals surface area contributed by atoms with Crippen molar-refractivity contribution in [3.05, 3.63) is 24.3 Å². The summed E-state index contributed by atoms with van der Waals surface area (Å²) in [4.78, 5) is 32.3. The largest absolute Gasteiger partial charge is 0.466 e. The van der Waals surface area contributed by atoms with Gasteiger partial charge in [-0.25, -0.2) is 0 Å². The first-order valence-corrected chi connectivity index (χ1v) is 8.16. The van der Waals surface area contributed by atoms with Gasteiger partial charge in [0, 0.05) is 27.2 Å². The number of carbonyl (C=O) groups excluding carboxylic acids is 3. The minimum atomic E-state index is -0.362. The second-order valence-electron chi connectivity index (χ2n) is 5.08. The topological polar surface area (TPSA) is 78.9 Å². The summed E-state index contributed by atoms with van der Waals surface area (Å²) in [6.07, 6.45) is 8.16. The Bertz CT molecular complexity index is 637. The first-order valence-electron chi connectivity index (χ1n) is 8.16. The highest BCUT2D eigenvalue weighted by Crippen LogP contribution is 2.08. The molecule has 0 bridgehead atoms. The van der Waals surface area contributed by atoms with Crippen LogP contribution in [0.25, 0.3) is 0 Å². The average Bonchev–Trinajstić information content (AvgIpc) is 2.54.